The Morgan fingerprint density at radius 1 is 1.18 bits per heavy atom. The molecule has 0 saturated carbocycles. The lowest BCUT2D eigenvalue weighted by molar-refractivity contribution is -0.115. The Balaban J connectivity index is 1.79. The number of nitrogens with one attached hydrogen (secondary N) is 2. The second-order valence-corrected chi connectivity index (χ2v) is 7.12. The number of anilines is 1. The molecule has 3 rings (SSSR count). The number of fused-ring (bicyclic) bond motifs is 1. The third kappa shape index (κ3) is 3.03. The molecule has 0 aromatic heterocycles. The molecule has 0 fully saturated rings. The van der Waals surface area contributed by atoms with Crippen molar-refractivity contribution in [2.24, 2.45) is 0 Å². The van der Waals surface area contributed by atoms with Crippen LogP contribution in [0.4, 0.5) is 5.69 Å². The molecule has 0 atom stereocenters. The summed E-state index contributed by atoms with van der Waals surface area (Å²) in [5.74, 6) is -0.114. The van der Waals surface area contributed by atoms with Crippen molar-refractivity contribution in [1.82, 2.24) is 4.72 Å². The number of aryl methyl sites for hydroxylation is 1. The molecule has 0 spiro atoms. The number of benzene rings is 2. The quantitative estimate of drug-likeness (QED) is 0.905. The highest BCUT2D eigenvalue weighted by Crippen LogP contribution is 2.25. The molecule has 5 nitrogen and oxygen atoms in total. The van der Waals surface area contributed by atoms with E-state index < -0.39 is 10.0 Å². The van der Waals surface area contributed by atoms with E-state index in [1.165, 1.54) is 6.07 Å². The van der Waals surface area contributed by atoms with E-state index in [-0.39, 0.29) is 23.8 Å². The summed E-state index contributed by atoms with van der Waals surface area (Å²) in [5.41, 5.74) is 3.38. The summed E-state index contributed by atoms with van der Waals surface area (Å²) in [5, 5.41) is 2.69. The van der Waals surface area contributed by atoms with Crippen molar-refractivity contribution >= 4 is 21.6 Å². The topological polar surface area (TPSA) is 75.3 Å². The maximum Gasteiger partial charge on any atom is 0.240 e. The highest BCUT2D eigenvalue weighted by Gasteiger charge is 2.21. The van der Waals surface area contributed by atoms with Crippen LogP contribution in [-0.4, -0.2) is 14.3 Å². The van der Waals surface area contributed by atoms with Gasteiger partial charge in [0.2, 0.25) is 15.9 Å². The Kier molecular flexibility index (Phi) is 3.72. The average molecular weight is 316 g/mol. The average Bonchev–Trinajstić information content (AvgIpc) is 2.84. The summed E-state index contributed by atoms with van der Waals surface area (Å²) in [7, 11) is -3.60. The van der Waals surface area contributed by atoms with Gasteiger partial charge in [-0.15, -0.1) is 0 Å². The fourth-order valence-electron chi connectivity index (χ4n) is 2.46. The maximum atomic E-state index is 12.4. The van der Waals surface area contributed by atoms with Crippen LogP contribution in [0.3, 0.4) is 0 Å². The van der Waals surface area contributed by atoms with E-state index in [0.717, 1.165) is 11.1 Å². The number of rotatable bonds is 4. The predicted octanol–water partition coefficient (Wildman–Crippen LogP) is 1.97. The first-order valence-electron chi connectivity index (χ1n) is 6.92. The molecule has 0 aliphatic carbocycles. The second kappa shape index (κ2) is 5.55. The minimum atomic E-state index is -3.60. The molecule has 2 aromatic carbocycles. The van der Waals surface area contributed by atoms with E-state index in [9.17, 15) is 13.2 Å². The highest BCUT2D eigenvalue weighted by molar-refractivity contribution is 7.89. The standard InChI is InChI=1S/C16H16N2O3S/c1-11-3-2-4-12(7-11)10-17-22(20,21)14-5-6-15-13(8-14)9-16(19)18-15/h2-8,17H,9-10H2,1H3,(H,18,19). The zero-order chi connectivity index (χ0) is 15.7. The molecule has 114 valence electrons. The van der Waals surface area contributed by atoms with E-state index in [1.54, 1.807) is 12.1 Å². The predicted molar refractivity (Wildman–Crippen MR) is 84.0 cm³/mol. The first kappa shape index (κ1) is 14.7. The SMILES string of the molecule is Cc1cccc(CNS(=O)(=O)c2ccc3c(c2)CC(=O)N3)c1. The highest BCUT2D eigenvalue weighted by atomic mass is 32.2. The largest absolute Gasteiger partial charge is 0.326 e. The Bertz CT molecular complexity index is 844. The van der Waals surface area contributed by atoms with Gasteiger partial charge in [-0.2, -0.15) is 0 Å². The molecule has 1 aliphatic heterocycles. The molecule has 0 bridgehead atoms. The summed E-state index contributed by atoms with van der Waals surface area (Å²) in [6.45, 7) is 2.20. The molecular formula is C16H16N2O3S. The van der Waals surface area contributed by atoms with Crippen LogP contribution in [-0.2, 0) is 27.8 Å². The van der Waals surface area contributed by atoms with Crippen LogP contribution in [0.1, 0.15) is 16.7 Å². The molecule has 2 aromatic rings. The minimum Gasteiger partial charge on any atom is -0.326 e. The van der Waals surface area contributed by atoms with Crippen molar-refractivity contribution in [3.8, 4) is 0 Å². The lowest BCUT2D eigenvalue weighted by Gasteiger charge is -2.08. The lowest BCUT2D eigenvalue weighted by atomic mass is 10.1. The number of sulfonamides is 1. The van der Waals surface area contributed by atoms with Crippen LogP contribution >= 0.6 is 0 Å². The van der Waals surface area contributed by atoms with Crippen molar-refractivity contribution < 1.29 is 13.2 Å². The van der Waals surface area contributed by atoms with Gasteiger partial charge in [-0.05, 0) is 36.2 Å². The number of hydrogen-bond acceptors (Lipinski definition) is 3. The van der Waals surface area contributed by atoms with E-state index >= 15 is 0 Å². The normalized spacial score (nSPS) is 13.8. The first-order chi connectivity index (χ1) is 10.4. The van der Waals surface area contributed by atoms with E-state index in [4.69, 9.17) is 0 Å². The van der Waals surface area contributed by atoms with E-state index in [1.807, 2.05) is 31.2 Å². The maximum absolute atomic E-state index is 12.4. The zero-order valence-electron chi connectivity index (χ0n) is 12.1. The second-order valence-electron chi connectivity index (χ2n) is 5.36. The fourth-order valence-corrected chi connectivity index (χ4v) is 3.52. The summed E-state index contributed by atoms with van der Waals surface area (Å²) in [4.78, 5) is 11.5. The molecule has 0 radical (unpaired) electrons. The van der Waals surface area contributed by atoms with Crippen LogP contribution in [0.25, 0.3) is 0 Å². The lowest BCUT2D eigenvalue weighted by Crippen LogP contribution is -2.23. The molecule has 1 heterocycles. The number of amides is 1. The van der Waals surface area contributed by atoms with Crippen molar-refractivity contribution in [2.75, 3.05) is 5.32 Å². The van der Waals surface area contributed by atoms with Gasteiger partial charge < -0.3 is 5.32 Å². The van der Waals surface area contributed by atoms with Crippen molar-refractivity contribution in [3.63, 3.8) is 0 Å². The van der Waals surface area contributed by atoms with Crippen LogP contribution in [0, 0.1) is 6.92 Å². The Morgan fingerprint density at radius 2 is 2.00 bits per heavy atom. The van der Waals surface area contributed by atoms with Gasteiger partial charge in [-0.1, -0.05) is 29.8 Å². The molecule has 0 unspecified atom stereocenters. The van der Waals surface area contributed by atoms with Gasteiger partial charge in [-0.3, -0.25) is 4.79 Å². The van der Waals surface area contributed by atoms with Crippen LogP contribution < -0.4 is 10.0 Å². The fraction of sp³-hybridized carbons (Fsp3) is 0.188. The summed E-state index contributed by atoms with van der Waals surface area (Å²) >= 11 is 0. The van der Waals surface area contributed by atoms with Gasteiger partial charge in [0.25, 0.3) is 0 Å². The summed E-state index contributed by atoms with van der Waals surface area (Å²) in [6, 6.07) is 12.3. The number of carbonyl (C=O) groups excluding carboxylic acids is 1. The molecule has 6 heteroatoms. The molecule has 2 N–H and O–H groups in total. The van der Waals surface area contributed by atoms with Crippen molar-refractivity contribution in [3.05, 3.63) is 59.2 Å². The van der Waals surface area contributed by atoms with Crippen molar-refractivity contribution in [1.29, 1.82) is 0 Å². The van der Waals surface area contributed by atoms with Crippen LogP contribution in [0.2, 0.25) is 0 Å². The molecule has 1 aliphatic rings. The Hall–Kier alpha value is -2.18. The molecule has 0 saturated heterocycles. The van der Waals surface area contributed by atoms with Crippen LogP contribution in [0.5, 0.6) is 0 Å². The smallest absolute Gasteiger partial charge is 0.240 e. The van der Waals surface area contributed by atoms with E-state index in [2.05, 4.69) is 10.0 Å². The van der Waals surface area contributed by atoms with Gasteiger partial charge >= 0.3 is 0 Å². The summed E-state index contributed by atoms with van der Waals surface area (Å²) in [6.07, 6.45) is 0.219. The van der Waals surface area contributed by atoms with Crippen LogP contribution in [0.15, 0.2) is 47.4 Å². The number of carbonyl (C=O) groups is 1. The van der Waals surface area contributed by atoms with Gasteiger partial charge in [-0.25, -0.2) is 13.1 Å². The first-order valence-corrected chi connectivity index (χ1v) is 8.40. The third-order valence-electron chi connectivity index (χ3n) is 3.56. The van der Waals surface area contributed by atoms with Gasteiger partial charge in [0.1, 0.15) is 0 Å². The van der Waals surface area contributed by atoms with Gasteiger partial charge in [0, 0.05) is 12.2 Å². The van der Waals surface area contributed by atoms with Crippen molar-refractivity contribution in [2.45, 2.75) is 24.8 Å². The van der Waals surface area contributed by atoms with Gasteiger partial charge in [0.15, 0.2) is 0 Å². The third-order valence-corrected chi connectivity index (χ3v) is 4.96. The molecule has 22 heavy (non-hydrogen) atoms. The Labute approximate surface area is 129 Å². The van der Waals surface area contributed by atoms with Gasteiger partial charge in [0.05, 0.1) is 11.3 Å². The summed E-state index contributed by atoms with van der Waals surface area (Å²) < 4.78 is 27.3. The zero-order valence-corrected chi connectivity index (χ0v) is 12.9. The number of hydrogen-bond donors (Lipinski definition) is 2. The minimum absolute atomic E-state index is 0.114. The molecule has 1 amide bonds. The van der Waals surface area contributed by atoms with E-state index in [0.29, 0.717) is 11.3 Å². The molecular weight excluding hydrogens is 300 g/mol. The monoisotopic (exact) mass is 316 g/mol. The Morgan fingerprint density at radius 3 is 2.77 bits per heavy atom.